The lowest BCUT2D eigenvalue weighted by Crippen LogP contribution is -2.52. The van der Waals surface area contributed by atoms with Crippen LogP contribution in [0.4, 0.5) is 0 Å². The zero-order valence-corrected chi connectivity index (χ0v) is 26.7. The van der Waals surface area contributed by atoms with Gasteiger partial charge in [0.05, 0.1) is 24.7 Å². The van der Waals surface area contributed by atoms with Crippen LogP contribution in [0.15, 0.2) is 115 Å². The molecule has 0 saturated heterocycles. The maximum atomic E-state index is 14.0. The highest BCUT2D eigenvalue weighted by molar-refractivity contribution is 6.74. The molecule has 4 nitrogen and oxygen atoms in total. The Balaban J connectivity index is 1.87. The quantitative estimate of drug-likeness (QED) is 0.135. The number of ketones is 1. The highest BCUT2D eigenvalue weighted by atomic mass is 28.4. The van der Waals surface area contributed by atoms with Gasteiger partial charge >= 0.3 is 0 Å². The number of carbonyl (C=O) groups excluding carboxylic acids is 1. The third-order valence-corrected chi connectivity index (χ3v) is 13.2. The van der Waals surface area contributed by atoms with E-state index in [1.54, 1.807) is 19.2 Å². The van der Waals surface area contributed by atoms with Crippen molar-refractivity contribution in [1.82, 2.24) is 0 Å². The van der Waals surface area contributed by atoms with Crippen LogP contribution in [0.2, 0.25) is 18.1 Å². The number of ether oxygens (including phenoxy) is 1. The first-order chi connectivity index (χ1) is 20.0. The van der Waals surface area contributed by atoms with E-state index in [0.717, 1.165) is 16.7 Å². The predicted octanol–water partition coefficient (Wildman–Crippen LogP) is 8.50. The van der Waals surface area contributed by atoms with E-state index in [9.17, 15) is 9.90 Å². The Labute approximate surface area is 252 Å². The van der Waals surface area contributed by atoms with Crippen LogP contribution in [0.25, 0.3) is 0 Å². The largest absolute Gasteiger partial charge is 0.497 e. The maximum Gasteiger partial charge on any atom is 0.192 e. The van der Waals surface area contributed by atoms with Gasteiger partial charge in [0.15, 0.2) is 8.32 Å². The molecule has 2 atom stereocenters. The van der Waals surface area contributed by atoms with Crippen LogP contribution in [-0.2, 0) is 14.6 Å². The number of rotatable bonds is 12. The molecule has 0 spiro atoms. The van der Waals surface area contributed by atoms with Gasteiger partial charge in [-0.2, -0.15) is 0 Å². The van der Waals surface area contributed by atoms with Crippen molar-refractivity contribution in [2.75, 3.05) is 7.11 Å². The minimum atomic E-state index is -2.39. The summed E-state index contributed by atoms with van der Waals surface area (Å²) in [5, 5.41) is 11.0. The third-order valence-electron chi connectivity index (χ3n) is 8.75. The molecule has 4 aromatic rings. The number of hydrogen-bond acceptors (Lipinski definition) is 4. The van der Waals surface area contributed by atoms with E-state index in [-0.39, 0.29) is 23.7 Å². The van der Waals surface area contributed by atoms with Gasteiger partial charge in [0, 0.05) is 12.8 Å². The Hall–Kier alpha value is -3.51. The Morgan fingerprint density at radius 3 is 1.52 bits per heavy atom. The van der Waals surface area contributed by atoms with Crippen molar-refractivity contribution < 1.29 is 19.1 Å². The molecule has 4 aromatic carbocycles. The van der Waals surface area contributed by atoms with Crippen molar-refractivity contribution >= 4 is 14.1 Å². The van der Waals surface area contributed by atoms with Crippen LogP contribution >= 0.6 is 0 Å². The summed E-state index contributed by atoms with van der Waals surface area (Å²) in [5.41, 5.74) is 3.12. The lowest BCUT2D eigenvalue weighted by atomic mass is 9.64. The molecule has 0 aromatic heterocycles. The van der Waals surface area contributed by atoms with Crippen LogP contribution < -0.4 is 4.74 Å². The minimum absolute atomic E-state index is 0.00185. The SMILES string of the molecule is COc1ccc([C@H](O)CC(=O)C[C@H](O[Si](C)(C)C(C)(C)C)C(c2ccccc2)(c2ccccc2)c2ccccc2)cc1. The molecule has 0 fully saturated rings. The zero-order valence-electron chi connectivity index (χ0n) is 25.7. The van der Waals surface area contributed by atoms with E-state index in [4.69, 9.17) is 9.16 Å². The molecule has 0 radical (unpaired) electrons. The number of hydrogen-bond donors (Lipinski definition) is 1. The van der Waals surface area contributed by atoms with E-state index in [1.807, 2.05) is 30.3 Å². The minimum Gasteiger partial charge on any atom is -0.497 e. The predicted molar refractivity (Wildman–Crippen MR) is 173 cm³/mol. The second-order valence-corrected chi connectivity index (χ2v) is 17.3. The summed E-state index contributed by atoms with van der Waals surface area (Å²) in [6.07, 6.45) is -1.28. The Morgan fingerprint density at radius 2 is 1.14 bits per heavy atom. The van der Waals surface area contributed by atoms with E-state index in [0.29, 0.717) is 11.3 Å². The fraction of sp³-hybridized carbons (Fsp3) is 0.324. The number of aliphatic hydroxyl groups is 1. The molecule has 5 heteroatoms. The van der Waals surface area contributed by atoms with Crippen molar-refractivity contribution in [3.05, 3.63) is 138 Å². The molecule has 0 bridgehead atoms. The Morgan fingerprint density at radius 1 is 0.714 bits per heavy atom. The lowest BCUT2D eigenvalue weighted by molar-refractivity contribution is -0.123. The van der Waals surface area contributed by atoms with Crippen LogP contribution in [-0.4, -0.2) is 32.4 Å². The molecule has 0 unspecified atom stereocenters. The average Bonchev–Trinajstić information content (AvgIpc) is 2.98. The number of benzene rings is 4. The van der Waals surface area contributed by atoms with E-state index in [2.05, 4.69) is 107 Å². The fourth-order valence-electron chi connectivity index (χ4n) is 5.43. The van der Waals surface area contributed by atoms with Crippen molar-refractivity contribution in [3.63, 3.8) is 0 Å². The van der Waals surface area contributed by atoms with Crippen LogP contribution in [0.1, 0.15) is 62.0 Å². The number of aliphatic hydroxyl groups excluding tert-OH is 1. The van der Waals surface area contributed by atoms with Crippen molar-refractivity contribution in [3.8, 4) is 5.75 Å². The molecule has 4 rings (SSSR count). The van der Waals surface area contributed by atoms with Gasteiger partial charge in [-0.15, -0.1) is 0 Å². The summed E-state index contributed by atoms with van der Waals surface area (Å²) in [7, 11) is -0.779. The molecule has 0 aliphatic heterocycles. The first-order valence-electron chi connectivity index (χ1n) is 14.7. The van der Waals surface area contributed by atoms with Gasteiger partial charge in [-0.1, -0.05) is 124 Å². The molecule has 0 aliphatic rings. The Bertz CT molecular complexity index is 1320. The number of methoxy groups -OCH3 is 1. The molecule has 0 aliphatic carbocycles. The summed E-state index contributed by atoms with van der Waals surface area (Å²) < 4.78 is 12.6. The van der Waals surface area contributed by atoms with Crippen molar-refractivity contribution in [1.29, 1.82) is 0 Å². The molecule has 42 heavy (non-hydrogen) atoms. The van der Waals surface area contributed by atoms with E-state index >= 15 is 0 Å². The highest BCUT2D eigenvalue weighted by Crippen LogP contribution is 2.48. The molecule has 0 heterocycles. The second kappa shape index (κ2) is 13.2. The normalized spacial score (nSPS) is 13.8. The average molecular weight is 581 g/mol. The summed E-state index contributed by atoms with van der Waals surface area (Å²) in [6, 6.07) is 38.4. The molecular formula is C37H44O4Si. The highest BCUT2D eigenvalue weighted by Gasteiger charge is 2.49. The summed E-state index contributed by atoms with van der Waals surface area (Å²) in [5.74, 6) is 0.660. The smallest absolute Gasteiger partial charge is 0.192 e. The molecule has 1 N–H and O–H groups in total. The number of carbonyl (C=O) groups is 1. The van der Waals surface area contributed by atoms with Gasteiger partial charge in [0.25, 0.3) is 0 Å². The first-order valence-corrected chi connectivity index (χ1v) is 17.6. The molecule has 220 valence electrons. The van der Waals surface area contributed by atoms with Crippen LogP contribution in [0.3, 0.4) is 0 Å². The maximum absolute atomic E-state index is 14.0. The molecule has 0 saturated carbocycles. The van der Waals surface area contributed by atoms with Gasteiger partial charge in [-0.25, -0.2) is 0 Å². The van der Waals surface area contributed by atoms with Gasteiger partial charge in [-0.3, -0.25) is 4.79 Å². The topological polar surface area (TPSA) is 55.8 Å². The summed E-state index contributed by atoms with van der Waals surface area (Å²) in [4.78, 5) is 14.0. The summed E-state index contributed by atoms with van der Waals surface area (Å²) >= 11 is 0. The van der Waals surface area contributed by atoms with Crippen LogP contribution in [0.5, 0.6) is 5.75 Å². The van der Waals surface area contributed by atoms with Gasteiger partial charge in [0.2, 0.25) is 0 Å². The molecule has 0 amide bonds. The fourth-order valence-corrected chi connectivity index (χ4v) is 6.75. The van der Waals surface area contributed by atoms with Gasteiger partial charge < -0.3 is 14.3 Å². The monoisotopic (exact) mass is 580 g/mol. The first kappa shape index (κ1) is 31.4. The second-order valence-electron chi connectivity index (χ2n) is 12.5. The van der Waals surface area contributed by atoms with Crippen LogP contribution in [0, 0.1) is 0 Å². The lowest BCUT2D eigenvalue weighted by Gasteiger charge is -2.48. The number of Topliss-reactive ketones (excluding diaryl/α,β-unsaturated/α-hetero) is 1. The standard InChI is InChI=1S/C37H44O4Si/c1-36(2,3)42(5,6)41-35(27-32(38)26-34(39)28-22-24-33(40-4)25-23-28)37(29-16-10-7-11-17-29,30-18-12-8-13-19-30)31-20-14-9-15-21-31/h7-25,34-35,39H,26-27H2,1-6H3/t34-,35+/m1/s1. The zero-order chi connectivity index (χ0) is 30.4. The van der Waals surface area contributed by atoms with E-state index in [1.165, 1.54) is 0 Å². The van der Waals surface area contributed by atoms with Gasteiger partial charge in [0.1, 0.15) is 11.5 Å². The van der Waals surface area contributed by atoms with Crippen molar-refractivity contribution in [2.45, 2.75) is 69.4 Å². The third kappa shape index (κ3) is 6.75. The van der Waals surface area contributed by atoms with Crippen molar-refractivity contribution in [2.24, 2.45) is 0 Å². The molecular weight excluding hydrogens is 536 g/mol. The van der Waals surface area contributed by atoms with Gasteiger partial charge in [-0.05, 0) is 52.5 Å². The summed E-state index contributed by atoms with van der Waals surface area (Å²) in [6.45, 7) is 11.1. The van der Waals surface area contributed by atoms with E-state index < -0.39 is 25.9 Å². The Kier molecular flexibility index (Phi) is 9.88.